The number of rotatable bonds is 15. The lowest BCUT2D eigenvalue weighted by Gasteiger charge is -2.47. The monoisotopic (exact) mass is 319 g/mol. The fourth-order valence-corrected chi connectivity index (χ4v) is 2.73. The highest BCUT2D eigenvalue weighted by Crippen LogP contribution is 2.17. The topological polar surface area (TPSA) is 72.8 Å². The van der Waals surface area contributed by atoms with Gasteiger partial charge in [0.1, 0.15) is 13.1 Å². The minimum absolute atomic E-state index is 0.0776. The SMILES string of the molecule is CCC(OCCCCCCCC(C)C)[N+]([O-])(CCO)CCO. The number of quaternary nitrogens is 1. The molecular weight excluding hydrogens is 282 g/mol. The van der Waals surface area contributed by atoms with Gasteiger partial charge in [-0.3, -0.25) is 0 Å². The maximum atomic E-state index is 12.6. The molecule has 134 valence electrons. The van der Waals surface area contributed by atoms with Crippen molar-refractivity contribution in [2.24, 2.45) is 5.92 Å². The Morgan fingerprint density at radius 3 is 2.00 bits per heavy atom. The van der Waals surface area contributed by atoms with Gasteiger partial charge in [-0.25, -0.2) is 0 Å². The van der Waals surface area contributed by atoms with Crippen molar-refractivity contribution in [1.29, 1.82) is 0 Å². The average Bonchev–Trinajstić information content (AvgIpc) is 2.45. The Kier molecular flexibility index (Phi) is 13.1. The standard InChI is InChI=1S/C17H37NO4/c1-4-17(18(21,11-13-19)12-14-20)22-15-9-7-5-6-8-10-16(2)3/h16-17,19-20H,4-15H2,1-3H3. The zero-order valence-electron chi connectivity index (χ0n) is 14.8. The van der Waals surface area contributed by atoms with Gasteiger partial charge in [-0.15, -0.1) is 0 Å². The van der Waals surface area contributed by atoms with Crippen LogP contribution in [0.5, 0.6) is 0 Å². The van der Waals surface area contributed by atoms with E-state index >= 15 is 0 Å². The molecular formula is C17H37NO4. The number of hydrogen-bond donors (Lipinski definition) is 2. The maximum Gasteiger partial charge on any atom is 0.192 e. The number of nitrogens with zero attached hydrogens (tertiary/aromatic N) is 1. The van der Waals surface area contributed by atoms with Gasteiger partial charge >= 0.3 is 0 Å². The van der Waals surface area contributed by atoms with Crippen molar-refractivity contribution >= 4 is 0 Å². The number of hydroxylamine groups is 3. The average molecular weight is 319 g/mol. The zero-order valence-corrected chi connectivity index (χ0v) is 14.8. The summed E-state index contributed by atoms with van der Waals surface area (Å²) in [5, 5.41) is 30.7. The van der Waals surface area contributed by atoms with E-state index in [9.17, 15) is 5.21 Å². The Labute approximate surface area is 136 Å². The highest BCUT2D eigenvalue weighted by molar-refractivity contribution is 4.52. The van der Waals surface area contributed by atoms with Crippen molar-refractivity contribution in [3.05, 3.63) is 5.21 Å². The van der Waals surface area contributed by atoms with Crippen LogP contribution in [-0.2, 0) is 4.74 Å². The molecule has 0 saturated heterocycles. The molecule has 0 aromatic carbocycles. The molecule has 0 bridgehead atoms. The lowest BCUT2D eigenvalue weighted by atomic mass is 10.0. The molecule has 0 radical (unpaired) electrons. The molecule has 2 N–H and O–H groups in total. The first-order valence-electron chi connectivity index (χ1n) is 8.91. The molecule has 0 spiro atoms. The molecule has 0 fully saturated rings. The first-order valence-corrected chi connectivity index (χ1v) is 8.91. The number of ether oxygens (including phenoxy) is 1. The second-order valence-corrected chi connectivity index (χ2v) is 6.53. The number of aliphatic hydroxyl groups excluding tert-OH is 2. The largest absolute Gasteiger partial charge is 0.631 e. The number of aliphatic hydroxyl groups is 2. The third-order valence-electron chi connectivity index (χ3n) is 4.07. The van der Waals surface area contributed by atoms with Crippen molar-refractivity contribution < 1.29 is 19.6 Å². The molecule has 0 amide bonds. The van der Waals surface area contributed by atoms with E-state index in [-0.39, 0.29) is 26.3 Å². The second-order valence-electron chi connectivity index (χ2n) is 6.53. The van der Waals surface area contributed by atoms with E-state index in [2.05, 4.69) is 13.8 Å². The van der Waals surface area contributed by atoms with Crippen molar-refractivity contribution in [3.63, 3.8) is 0 Å². The molecule has 0 saturated carbocycles. The minimum atomic E-state index is -0.655. The van der Waals surface area contributed by atoms with Gasteiger partial charge in [0.15, 0.2) is 6.23 Å². The summed E-state index contributed by atoms with van der Waals surface area (Å²) in [6.45, 7) is 6.80. The lowest BCUT2D eigenvalue weighted by molar-refractivity contribution is -0.929. The van der Waals surface area contributed by atoms with E-state index < -0.39 is 10.9 Å². The molecule has 0 aromatic heterocycles. The summed E-state index contributed by atoms with van der Waals surface area (Å²) in [5.41, 5.74) is 0. The molecule has 0 rings (SSSR count). The molecule has 1 unspecified atom stereocenters. The molecule has 0 aromatic rings. The van der Waals surface area contributed by atoms with Crippen LogP contribution in [0, 0.1) is 11.1 Å². The summed E-state index contributed by atoms with van der Waals surface area (Å²) in [7, 11) is 0. The summed E-state index contributed by atoms with van der Waals surface area (Å²) in [5.74, 6) is 0.787. The van der Waals surface area contributed by atoms with E-state index in [0.717, 1.165) is 18.8 Å². The maximum absolute atomic E-state index is 12.6. The first-order chi connectivity index (χ1) is 10.5. The molecule has 0 heterocycles. The molecule has 5 nitrogen and oxygen atoms in total. The molecule has 1 atom stereocenters. The van der Waals surface area contributed by atoms with Gasteiger partial charge in [0.2, 0.25) is 0 Å². The van der Waals surface area contributed by atoms with Crippen LogP contribution in [0.1, 0.15) is 65.7 Å². The highest BCUT2D eigenvalue weighted by Gasteiger charge is 2.27. The fourth-order valence-electron chi connectivity index (χ4n) is 2.73. The van der Waals surface area contributed by atoms with Gasteiger partial charge < -0.3 is 24.8 Å². The van der Waals surface area contributed by atoms with Crippen LogP contribution in [-0.4, -0.2) is 54.0 Å². The van der Waals surface area contributed by atoms with E-state index in [1.807, 2.05) is 6.92 Å². The summed E-state index contributed by atoms with van der Waals surface area (Å²) in [6.07, 6.45) is 7.29. The van der Waals surface area contributed by atoms with Crippen LogP contribution in [0.2, 0.25) is 0 Å². The fraction of sp³-hybridized carbons (Fsp3) is 1.00. The Morgan fingerprint density at radius 1 is 0.955 bits per heavy atom. The van der Waals surface area contributed by atoms with Crippen molar-refractivity contribution in [1.82, 2.24) is 0 Å². The van der Waals surface area contributed by atoms with Crippen LogP contribution in [0.3, 0.4) is 0 Å². The third-order valence-corrected chi connectivity index (χ3v) is 4.07. The molecule has 0 aliphatic rings. The summed E-state index contributed by atoms with van der Waals surface area (Å²) < 4.78 is 5.09. The lowest BCUT2D eigenvalue weighted by Crippen LogP contribution is -2.54. The minimum Gasteiger partial charge on any atom is -0.631 e. The van der Waals surface area contributed by atoms with Crippen molar-refractivity contribution in [2.45, 2.75) is 71.9 Å². The Balaban J connectivity index is 3.89. The highest BCUT2D eigenvalue weighted by atomic mass is 16.6. The van der Waals surface area contributed by atoms with E-state index in [0.29, 0.717) is 13.0 Å². The predicted octanol–water partition coefficient (Wildman–Crippen LogP) is 3.03. The summed E-state index contributed by atoms with van der Waals surface area (Å²) >= 11 is 0. The smallest absolute Gasteiger partial charge is 0.192 e. The first kappa shape index (κ1) is 21.8. The van der Waals surface area contributed by atoms with E-state index in [1.54, 1.807) is 0 Å². The Hall–Kier alpha value is -0.200. The van der Waals surface area contributed by atoms with Crippen molar-refractivity contribution in [3.8, 4) is 0 Å². The molecule has 0 aliphatic carbocycles. The van der Waals surface area contributed by atoms with Crippen LogP contribution in [0.15, 0.2) is 0 Å². The zero-order chi connectivity index (χ0) is 16.8. The molecule has 22 heavy (non-hydrogen) atoms. The van der Waals surface area contributed by atoms with Crippen molar-refractivity contribution in [2.75, 3.05) is 32.9 Å². The normalized spacial score (nSPS) is 13.8. The predicted molar refractivity (Wildman–Crippen MR) is 90.1 cm³/mol. The van der Waals surface area contributed by atoms with Gasteiger partial charge in [0.05, 0.1) is 19.8 Å². The quantitative estimate of drug-likeness (QED) is 0.211. The Bertz CT molecular complexity index is 243. The van der Waals surface area contributed by atoms with Gasteiger partial charge in [-0.1, -0.05) is 52.9 Å². The van der Waals surface area contributed by atoms with Crippen LogP contribution < -0.4 is 0 Å². The number of unbranched alkanes of at least 4 members (excludes halogenated alkanes) is 4. The number of hydrogen-bond acceptors (Lipinski definition) is 4. The Morgan fingerprint density at radius 2 is 1.50 bits per heavy atom. The van der Waals surface area contributed by atoms with Gasteiger partial charge in [0, 0.05) is 6.42 Å². The van der Waals surface area contributed by atoms with E-state index in [4.69, 9.17) is 14.9 Å². The molecule has 5 heteroatoms. The summed E-state index contributed by atoms with van der Waals surface area (Å²) in [6, 6.07) is 0. The van der Waals surface area contributed by atoms with Crippen LogP contribution in [0.4, 0.5) is 0 Å². The summed E-state index contributed by atoms with van der Waals surface area (Å²) in [4.78, 5) is 0. The van der Waals surface area contributed by atoms with Gasteiger partial charge in [-0.05, 0) is 12.3 Å². The van der Waals surface area contributed by atoms with Crippen LogP contribution >= 0.6 is 0 Å². The second kappa shape index (κ2) is 13.3. The van der Waals surface area contributed by atoms with E-state index in [1.165, 1.54) is 25.7 Å². The van der Waals surface area contributed by atoms with Crippen LogP contribution in [0.25, 0.3) is 0 Å². The van der Waals surface area contributed by atoms with Gasteiger partial charge in [0.25, 0.3) is 0 Å². The van der Waals surface area contributed by atoms with Gasteiger partial charge in [-0.2, -0.15) is 0 Å². The molecule has 0 aliphatic heterocycles. The third kappa shape index (κ3) is 9.74.